The maximum atomic E-state index is 11.4. The van der Waals surface area contributed by atoms with Crippen molar-refractivity contribution in [2.45, 2.75) is 6.92 Å². The van der Waals surface area contributed by atoms with Crippen LogP contribution in [0.1, 0.15) is 17.3 Å². The predicted octanol–water partition coefficient (Wildman–Crippen LogP) is 2.07. The summed E-state index contributed by atoms with van der Waals surface area (Å²) in [5.41, 5.74) is 13.8. The fourth-order valence-electron chi connectivity index (χ4n) is 1.87. The molecule has 0 atom stereocenters. The van der Waals surface area contributed by atoms with Gasteiger partial charge >= 0.3 is 0 Å². The number of primary amides is 1. The minimum absolute atomic E-state index is 0.134. The maximum Gasteiger partial charge on any atom is 0.250 e. The van der Waals surface area contributed by atoms with E-state index in [1.165, 1.54) is 13.0 Å². The van der Waals surface area contributed by atoms with E-state index < -0.39 is 5.91 Å². The average Bonchev–Trinajstić information content (AvgIpc) is 2.42. The molecular weight excluding hydrogens is 268 g/mol. The fourth-order valence-corrected chi connectivity index (χ4v) is 1.87. The number of carbonyl (C=O) groups excluding carboxylic acids is 2. The molecule has 0 bridgehead atoms. The van der Waals surface area contributed by atoms with Crippen LogP contribution in [0.4, 0.5) is 22.7 Å². The number of amides is 2. The molecule has 0 unspecified atom stereocenters. The molecule has 2 rings (SSSR count). The summed E-state index contributed by atoms with van der Waals surface area (Å²) in [5.74, 6) is -0.690. The van der Waals surface area contributed by atoms with Crippen LogP contribution in [0.2, 0.25) is 0 Å². The van der Waals surface area contributed by atoms with Gasteiger partial charge in [0.05, 0.1) is 11.3 Å². The second-order valence-corrected chi connectivity index (χ2v) is 4.55. The lowest BCUT2D eigenvalue weighted by Gasteiger charge is -2.11. The van der Waals surface area contributed by atoms with Crippen molar-refractivity contribution < 1.29 is 9.59 Å². The minimum atomic E-state index is -0.556. The lowest BCUT2D eigenvalue weighted by molar-refractivity contribution is -0.114. The molecule has 0 radical (unpaired) electrons. The van der Waals surface area contributed by atoms with Crippen LogP contribution in [0.5, 0.6) is 0 Å². The first-order chi connectivity index (χ1) is 9.95. The zero-order valence-electron chi connectivity index (χ0n) is 11.5. The Morgan fingerprint density at radius 3 is 2.19 bits per heavy atom. The van der Waals surface area contributed by atoms with Crippen LogP contribution in [0.15, 0.2) is 42.5 Å². The maximum absolute atomic E-state index is 11.4. The highest BCUT2D eigenvalue weighted by molar-refractivity contribution is 6.00. The molecular formula is C15H16N4O2. The molecule has 0 saturated heterocycles. The van der Waals surface area contributed by atoms with E-state index in [1.54, 1.807) is 36.4 Å². The average molecular weight is 284 g/mol. The van der Waals surface area contributed by atoms with Gasteiger partial charge in [0.1, 0.15) is 0 Å². The summed E-state index contributed by atoms with van der Waals surface area (Å²) in [4.78, 5) is 22.4. The highest BCUT2D eigenvalue weighted by Gasteiger charge is 2.09. The number of hydrogen-bond donors (Lipinski definition) is 4. The fraction of sp³-hybridized carbons (Fsp3) is 0.0667. The highest BCUT2D eigenvalue weighted by atomic mass is 16.1. The van der Waals surface area contributed by atoms with Gasteiger partial charge in [-0.25, -0.2) is 0 Å². The van der Waals surface area contributed by atoms with Crippen LogP contribution in [0, 0.1) is 0 Å². The molecule has 2 amide bonds. The molecule has 0 aliphatic heterocycles. The first kappa shape index (κ1) is 14.4. The first-order valence-electron chi connectivity index (χ1n) is 6.29. The van der Waals surface area contributed by atoms with Crippen molar-refractivity contribution in [1.82, 2.24) is 0 Å². The number of hydrogen-bond acceptors (Lipinski definition) is 4. The summed E-state index contributed by atoms with van der Waals surface area (Å²) in [6.07, 6.45) is 0. The Morgan fingerprint density at radius 2 is 1.62 bits per heavy atom. The number of anilines is 4. The van der Waals surface area contributed by atoms with Gasteiger partial charge in [0.2, 0.25) is 5.91 Å². The van der Waals surface area contributed by atoms with Gasteiger partial charge in [-0.2, -0.15) is 0 Å². The molecule has 2 aromatic rings. The van der Waals surface area contributed by atoms with Crippen molar-refractivity contribution in [1.29, 1.82) is 0 Å². The Balaban J connectivity index is 2.22. The number of carbonyl (C=O) groups is 2. The molecule has 2 aromatic carbocycles. The Kier molecular flexibility index (Phi) is 4.08. The molecule has 0 fully saturated rings. The molecule has 0 saturated carbocycles. The lowest BCUT2D eigenvalue weighted by Crippen LogP contribution is -2.13. The molecule has 6 heteroatoms. The van der Waals surface area contributed by atoms with Gasteiger partial charge in [0.15, 0.2) is 0 Å². The molecule has 6 N–H and O–H groups in total. The van der Waals surface area contributed by atoms with E-state index in [4.69, 9.17) is 11.5 Å². The molecule has 21 heavy (non-hydrogen) atoms. The number of nitrogens with one attached hydrogen (secondary N) is 2. The van der Waals surface area contributed by atoms with Crippen LogP contribution >= 0.6 is 0 Å². The van der Waals surface area contributed by atoms with Crippen molar-refractivity contribution in [3.63, 3.8) is 0 Å². The molecule has 0 spiro atoms. The zero-order valence-corrected chi connectivity index (χ0v) is 11.5. The normalized spacial score (nSPS) is 9.95. The minimum Gasteiger partial charge on any atom is -0.399 e. The highest BCUT2D eigenvalue weighted by Crippen LogP contribution is 2.24. The number of nitrogen functional groups attached to an aromatic ring is 1. The van der Waals surface area contributed by atoms with E-state index in [-0.39, 0.29) is 5.91 Å². The molecule has 0 aliphatic carbocycles. The molecule has 0 aromatic heterocycles. The van der Waals surface area contributed by atoms with Crippen molar-refractivity contribution in [3.8, 4) is 0 Å². The molecule has 108 valence electrons. The van der Waals surface area contributed by atoms with Gasteiger partial charge in [-0.3, -0.25) is 9.59 Å². The number of rotatable bonds is 4. The van der Waals surface area contributed by atoms with Crippen LogP contribution in [0.3, 0.4) is 0 Å². The van der Waals surface area contributed by atoms with Gasteiger partial charge in [-0.15, -0.1) is 0 Å². The van der Waals surface area contributed by atoms with Gasteiger partial charge < -0.3 is 22.1 Å². The molecule has 0 aliphatic rings. The van der Waals surface area contributed by atoms with Gasteiger partial charge in [0.25, 0.3) is 5.91 Å². The number of benzene rings is 2. The van der Waals surface area contributed by atoms with E-state index in [0.717, 1.165) is 5.69 Å². The third-order valence-electron chi connectivity index (χ3n) is 2.79. The Hall–Kier alpha value is -3.02. The van der Waals surface area contributed by atoms with Crippen molar-refractivity contribution in [2.75, 3.05) is 16.4 Å². The predicted molar refractivity (Wildman–Crippen MR) is 83.4 cm³/mol. The third kappa shape index (κ3) is 3.73. The van der Waals surface area contributed by atoms with Crippen molar-refractivity contribution in [3.05, 3.63) is 48.0 Å². The Labute approximate surface area is 122 Å². The summed E-state index contributed by atoms with van der Waals surface area (Å²) >= 11 is 0. The first-order valence-corrected chi connectivity index (χ1v) is 6.29. The third-order valence-corrected chi connectivity index (χ3v) is 2.79. The lowest BCUT2D eigenvalue weighted by atomic mass is 10.1. The van der Waals surface area contributed by atoms with Gasteiger partial charge in [0, 0.05) is 24.0 Å². The zero-order chi connectivity index (χ0) is 15.4. The van der Waals surface area contributed by atoms with E-state index in [0.29, 0.717) is 22.6 Å². The van der Waals surface area contributed by atoms with Crippen molar-refractivity contribution >= 4 is 34.6 Å². The van der Waals surface area contributed by atoms with Crippen LogP contribution < -0.4 is 22.1 Å². The van der Waals surface area contributed by atoms with Crippen molar-refractivity contribution in [2.24, 2.45) is 5.73 Å². The molecule has 6 nitrogen and oxygen atoms in total. The van der Waals surface area contributed by atoms with E-state index in [2.05, 4.69) is 10.6 Å². The smallest absolute Gasteiger partial charge is 0.250 e. The second-order valence-electron chi connectivity index (χ2n) is 4.55. The quantitative estimate of drug-likeness (QED) is 0.644. The van der Waals surface area contributed by atoms with Crippen LogP contribution in [-0.4, -0.2) is 11.8 Å². The Morgan fingerprint density at radius 1 is 1.00 bits per heavy atom. The SMILES string of the molecule is CC(=O)Nc1ccc(Nc2ccc(N)cc2C(N)=O)cc1. The van der Waals surface area contributed by atoms with Gasteiger partial charge in [-0.1, -0.05) is 0 Å². The van der Waals surface area contributed by atoms with Crippen LogP contribution in [0.25, 0.3) is 0 Å². The Bertz CT molecular complexity index is 681. The largest absolute Gasteiger partial charge is 0.399 e. The standard InChI is InChI=1S/C15H16N4O2/c1-9(20)18-11-3-5-12(6-4-11)19-14-7-2-10(16)8-13(14)15(17)21/h2-8,19H,16H2,1H3,(H2,17,21)(H,18,20). The summed E-state index contributed by atoms with van der Waals surface area (Å²) < 4.78 is 0. The van der Waals surface area contributed by atoms with E-state index in [9.17, 15) is 9.59 Å². The second kappa shape index (κ2) is 5.96. The number of nitrogens with two attached hydrogens (primary N) is 2. The topological polar surface area (TPSA) is 110 Å². The summed E-state index contributed by atoms with van der Waals surface area (Å²) in [5, 5.41) is 5.77. The van der Waals surface area contributed by atoms with E-state index >= 15 is 0 Å². The van der Waals surface area contributed by atoms with E-state index in [1.807, 2.05) is 0 Å². The summed E-state index contributed by atoms with van der Waals surface area (Å²) in [6.45, 7) is 1.44. The van der Waals surface area contributed by atoms with Gasteiger partial charge in [-0.05, 0) is 42.5 Å². The summed E-state index contributed by atoms with van der Waals surface area (Å²) in [6, 6.07) is 12.0. The molecule has 0 heterocycles. The monoisotopic (exact) mass is 284 g/mol. The van der Waals surface area contributed by atoms with Crippen LogP contribution in [-0.2, 0) is 4.79 Å². The summed E-state index contributed by atoms with van der Waals surface area (Å²) in [7, 11) is 0.